The van der Waals surface area contributed by atoms with Gasteiger partial charge in [-0.3, -0.25) is 9.69 Å². The van der Waals surface area contributed by atoms with Crippen LogP contribution in [0.15, 0.2) is 24.3 Å². The maximum atomic E-state index is 12.2. The molecule has 0 N–H and O–H groups in total. The molecule has 0 saturated carbocycles. The van der Waals surface area contributed by atoms with Gasteiger partial charge in [0.15, 0.2) is 0 Å². The molecule has 0 bridgehead atoms. The lowest BCUT2D eigenvalue weighted by atomic mass is 10.1. The number of amides is 1. The van der Waals surface area contributed by atoms with E-state index in [9.17, 15) is 13.9 Å². The first-order valence-corrected chi connectivity index (χ1v) is 9.35. The summed E-state index contributed by atoms with van der Waals surface area (Å²) < 4.78 is 22.2. The van der Waals surface area contributed by atoms with E-state index in [0.717, 1.165) is 11.3 Å². The third-order valence-corrected chi connectivity index (χ3v) is 6.04. The number of thioether (sulfide) groups is 1. The number of rotatable bonds is 5. The molecule has 2 rings (SSSR count). The SMILES string of the molecule is O=[PH+]C(Cc1ccc(C(=O)N2CCSC2=S)cc1)[PH+]=O. The number of carbonyl (C=O) groups excluding carboxylic acids is 1. The van der Waals surface area contributed by atoms with Gasteiger partial charge in [0.1, 0.15) is 4.32 Å². The van der Waals surface area contributed by atoms with Gasteiger partial charge in [0.05, 0.1) is 6.42 Å². The van der Waals surface area contributed by atoms with Gasteiger partial charge in [-0.05, 0) is 17.7 Å². The van der Waals surface area contributed by atoms with E-state index >= 15 is 0 Å². The van der Waals surface area contributed by atoms with Gasteiger partial charge in [0, 0.05) is 17.9 Å². The fourth-order valence-electron chi connectivity index (χ4n) is 1.86. The van der Waals surface area contributed by atoms with Crippen molar-refractivity contribution in [2.24, 2.45) is 0 Å². The maximum Gasteiger partial charge on any atom is 0.379 e. The topological polar surface area (TPSA) is 54.5 Å². The zero-order valence-corrected chi connectivity index (χ0v) is 14.1. The molecule has 1 amide bonds. The lowest BCUT2D eigenvalue weighted by Crippen LogP contribution is -2.30. The number of nitrogens with zero attached hydrogens (tertiary/aromatic N) is 1. The molecule has 1 aliphatic heterocycles. The fourth-order valence-corrected chi connectivity index (χ4v) is 3.89. The summed E-state index contributed by atoms with van der Waals surface area (Å²) in [7, 11) is -1.15. The van der Waals surface area contributed by atoms with E-state index in [1.54, 1.807) is 17.0 Å². The van der Waals surface area contributed by atoms with Crippen molar-refractivity contribution < 1.29 is 13.9 Å². The van der Waals surface area contributed by atoms with Gasteiger partial charge in [-0.25, -0.2) is 0 Å². The van der Waals surface area contributed by atoms with Crippen molar-refractivity contribution in [2.45, 2.75) is 11.8 Å². The van der Waals surface area contributed by atoms with E-state index in [0.29, 0.717) is 22.8 Å². The lowest BCUT2D eigenvalue weighted by molar-refractivity contribution is 0.0861. The summed E-state index contributed by atoms with van der Waals surface area (Å²) in [5, 5.41) is -0.320. The van der Waals surface area contributed by atoms with Crippen LogP contribution in [0.1, 0.15) is 15.9 Å². The monoisotopic (exact) mass is 345 g/mol. The van der Waals surface area contributed by atoms with Gasteiger partial charge >= 0.3 is 22.3 Å². The molecule has 0 spiro atoms. The Morgan fingerprint density at radius 3 is 2.45 bits per heavy atom. The Hall–Kier alpha value is -0.670. The minimum absolute atomic E-state index is 0.0838. The molecule has 1 aliphatic rings. The fraction of sp³-hybridized carbons (Fsp3) is 0.333. The maximum absolute atomic E-state index is 12.2. The number of hydrogen-bond acceptors (Lipinski definition) is 5. The smallest absolute Gasteiger partial charge is 0.293 e. The van der Waals surface area contributed by atoms with Crippen molar-refractivity contribution in [1.82, 2.24) is 4.90 Å². The van der Waals surface area contributed by atoms with Crippen LogP contribution >= 0.6 is 40.9 Å². The van der Waals surface area contributed by atoms with Crippen molar-refractivity contribution in [1.29, 1.82) is 0 Å². The number of thiocarbonyl (C=S) groups is 1. The van der Waals surface area contributed by atoms with Crippen LogP contribution in [0.25, 0.3) is 0 Å². The van der Waals surface area contributed by atoms with Crippen LogP contribution in [0.3, 0.4) is 0 Å². The lowest BCUT2D eigenvalue weighted by Gasteiger charge is -2.14. The average Bonchev–Trinajstić information content (AvgIpc) is 2.91. The van der Waals surface area contributed by atoms with Crippen molar-refractivity contribution in [3.05, 3.63) is 35.4 Å². The number of hydrogen-bond donors (Lipinski definition) is 0. The Bertz CT molecular complexity index is 542. The summed E-state index contributed by atoms with van der Waals surface area (Å²) in [6.07, 6.45) is 0.496. The summed E-state index contributed by atoms with van der Waals surface area (Å²) in [4.78, 5) is 13.8. The predicted molar refractivity (Wildman–Crippen MR) is 88.0 cm³/mol. The van der Waals surface area contributed by atoms with Gasteiger partial charge in [-0.1, -0.05) is 45.2 Å². The molecule has 8 heteroatoms. The van der Waals surface area contributed by atoms with Crippen LogP contribution < -0.4 is 0 Å². The molecular weight excluding hydrogens is 332 g/mol. The van der Waals surface area contributed by atoms with Crippen molar-refractivity contribution in [3.8, 4) is 0 Å². The van der Waals surface area contributed by atoms with Crippen molar-refractivity contribution in [2.75, 3.05) is 12.3 Å². The van der Waals surface area contributed by atoms with Gasteiger partial charge < -0.3 is 0 Å². The molecule has 1 saturated heterocycles. The molecule has 20 heavy (non-hydrogen) atoms. The highest BCUT2D eigenvalue weighted by atomic mass is 32.2. The van der Waals surface area contributed by atoms with Gasteiger partial charge in [0.2, 0.25) is 0 Å². The normalized spacial score (nSPS) is 16.8. The quantitative estimate of drug-likeness (QED) is 0.606. The summed E-state index contributed by atoms with van der Waals surface area (Å²) in [6.45, 7) is 0.654. The minimum atomic E-state index is -0.577. The third kappa shape index (κ3) is 3.70. The first-order chi connectivity index (χ1) is 9.65. The van der Waals surface area contributed by atoms with Crippen LogP contribution in [0.2, 0.25) is 0 Å². The number of benzene rings is 1. The van der Waals surface area contributed by atoms with Crippen molar-refractivity contribution in [3.63, 3.8) is 0 Å². The average molecular weight is 345 g/mol. The van der Waals surface area contributed by atoms with Crippen LogP contribution in [0.4, 0.5) is 0 Å². The molecule has 0 aliphatic carbocycles. The molecular formula is C12H13NO3P2S2+2. The second kappa shape index (κ2) is 7.37. The van der Waals surface area contributed by atoms with Crippen LogP contribution in [-0.4, -0.2) is 32.8 Å². The predicted octanol–water partition coefficient (Wildman–Crippen LogP) is 3.08. The second-order valence-electron chi connectivity index (χ2n) is 4.26. The Morgan fingerprint density at radius 2 is 1.95 bits per heavy atom. The van der Waals surface area contributed by atoms with E-state index in [1.165, 1.54) is 11.8 Å². The van der Waals surface area contributed by atoms with E-state index < -0.39 is 16.9 Å². The summed E-state index contributed by atoms with van der Waals surface area (Å²) in [5.74, 6) is 0.763. The zero-order chi connectivity index (χ0) is 14.5. The van der Waals surface area contributed by atoms with Crippen LogP contribution in [0, 0.1) is 0 Å². The largest absolute Gasteiger partial charge is 0.379 e. The van der Waals surface area contributed by atoms with E-state index in [4.69, 9.17) is 12.2 Å². The van der Waals surface area contributed by atoms with Gasteiger partial charge in [-0.2, -0.15) is 0 Å². The summed E-state index contributed by atoms with van der Waals surface area (Å²) in [6, 6.07) is 7.10. The van der Waals surface area contributed by atoms with E-state index in [-0.39, 0.29) is 11.3 Å². The summed E-state index contributed by atoms with van der Waals surface area (Å²) >= 11 is 6.65. The Balaban J connectivity index is 2.07. The Morgan fingerprint density at radius 1 is 1.30 bits per heavy atom. The molecule has 0 aromatic heterocycles. The van der Waals surface area contributed by atoms with E-state index in [2.05, 4.69) is 0 Å². The van der Waals surface area contributed by atoms with Gasteiger partial charge in [0.25, 0.3) is 5.91 Å². The minimum Gasteiger partial charge on any atom is -0.293 e. The molecule has 1 aromatic rings. The first kappa shape index (κ1) is 15.7. The van der Waals surface area contributed by atoms with Gasteiger partial charge in [-0.15, -0.1) is 0 Å². The van der Waals surface area contributed by atoms with Crippen LogP contribution in [0.5, 0.6) is 0 Å². The summed E-state index contributed by atoms with van der Waals surface area (Å²) in [5.41, 5.74) is 1.51. The molecule has 1 heterocycles. The van der Waals surface area contributed by atoms with E-state index in [1.807, 2.05) is 12.1 Å². The zero-order valence-electron chi connectivity index (χ0n) is 10.5. The Kier molecular flexibility index (Phi) is 5.79. The highest BCUT2D eigenvalue weighted by Crippen LogP contribution is 2.24. The molecule has 104 valence electrons. The molecule has 1 aromatic carbocycles. The number of carbonyl (C=O) groups is 1. The molecule has 2 atom stereocenters. The first-order valence-electron chi connectivity index (χ1n) is 5.98. The molecule has 1 fully saturated rings. The Labute approximate surface area is 129 Å². The molecule has 0 radical (unpaired) electrons. The van der Waals surface area contributed by atoms with Crippen LogP contribution in [-0.2, 0) is 15.6 Å². The highest BCUT2D eigenvalue weighted by molar-refractivity contribution is 8.23. The third-order valence-electron chi connectivity index (χ3n) is 2.93. The molecule has 2 unspecified atom stereocenters. The molecule has 4 nitrogen and oxygen atoms in total. The second-order valence-corrected chi connectivity index (χ2v) is 8.43. The standard InChI is InChI=1S/C12H11NO3P2S2/c14-11(13-5-6-20-12(13)19)9-3-1-8(2-4-9)7-10(17-15)18-16/h1-4,10H,5-7H2/p+2. The highest BCUT2D eigenvalue weighted by Gasteiger charge is 2.26. The van der Waals surface area contributed by atoms with Crippen molar-refractivity contribution >= 4 is 51.1 Å².